The fourth-order valence-electron chi connectivity index (χ4n) is 3.45. The number of aromatic nitrogens is 2. The molecule has 9 nitrogen and oxygen atoms in total. The van der Waals surface area contributed by atoms with Gasteiger partial charge in [-0.05, 0) is 44.9 Å². The zero-order valence-corrected chi connectivity index (χ0v) is 21.3. The molecule has 1 amide bonds. The molecule has 1 aliphatic rings. The number of nitrogens with one attached hydrogen (secondary N) is 1. The van der Waals surface area contributed by atoms with Gasteiger partial charge in [-0.15, -0.1) is 0 Å². The predicted octanol–water partition coefficient (Wildman–Crippen LogP) is 2.61. The van der Waals surface area contributed by atoms with E-state index in [1.165, 1.54) is 16.1 Å². The Morgan fingerprint density at radius 2 is 2.00 bits per heavy atom. The van der Waals surface area contributed by atoms with Gasteiger partial charge in [0.1, 0.15) is 5.54 Å². The molecule has 1 aromatic carbocycles. The van der Waals surface area contributed by atoms with E-state index in [1.54, 1.807) is 32.0 Å². The SMILES string of the molecule is CCn1c(SC(C)C(=O)NC(C)(C#N)C(C)C)nc2cc(S(=O)(=O)N3CCOCC3)ccc21. The number of ether oxygens (including phenoxy) is 1. The van der Waals surface area contributed by atoms with Gasteiger partial charge >= 0.3 is 0 Å². The molecule has 1 aromatic heterocycles. The number of imidazole rings is 1. The van der Waals surface area contributed by atoms with Gasteiger partial charge in [0, 0.05) is 19.6 Å². The molecule has 2 unspecified atom stereocenters. The minimum Gasteiger partial charge on any atom is -0.379 e. The van der Waals surface area contributed by atoms with Gasteiger partial charge in [0.25, 0.3) is 0 Å². The molecule has 33 heavy (non-hydrogen) atoms. The highest BCUT2D eigenvalue weighted by Gasteiger charge is 2.32. The van der Waals surface area contributed by atoms with Gasteiger partial charge in [-0.2, -0.15) is 9.57 Å². The van der Waals surface area contributed by atoms with Gasteiger partial charge in [-0.3, -0.25) is 4.79 Å². The maximum atomic E-state index is 13.0. The first-order valence-corrected chi connectivity index (χ1v) is 13.3. The highest BCUT2D eigenvalue weighted by Crippen LogP contribution is 2.30. The number of hydrogen-bond donors (Lipinski definition) is 1. The highest BCUT2D eigenvalue weighted by molar-refractivity contribution is 8.00. The summed E-state index contributed by atoms with van der Waals surface area (Å²) in [5.74, 6) is -0.293. The number of thioether (sulfide) groups is 1. The largest absolute Gasteiger partial charge is 0.379 e. The third-order valence-corrected chi connectivity index (χ3v) is 9.01. The molecule has 1 N–H and O–H groups in total. The number of hydrogen-bond acceptors (Lipinski definition) is 7. The molecule has 11 heteroatoms. The molecule has 2 atom stereocenters. The first kappa shape index (κ1) is 25.5. The van der Waals surface area contributed by atoms with Gasteiger partial charge in [0.15, 0.2) is 5.16 Å². The fraction of sp³-hybridized carbons (Fsp3) is 0.591. The first-order valence-electron chi connectivity index (χ1n) is 11.0. The monoisotopic (exact) mass is 493 g/mol. The fourth-order valence-corrected chi connectivity index (χ4v) is 5.87. The van der Waals surface area contributed by atoms with E-state index in [0.717, 1.165) is 5.52 Å². The van der Waals surface area contributed by atoms with Gasteiger partial charge in [-0.25, -0.2) is 13.4 Å². The molecular weight excluding hydrogens is 462 g/mol. The van der Waals surface area contributed by atoms with Crippen molar-refractivity contribution in [3.8, 4) is 6.07 Å². The van der Waals surface area contributed by atoms with Crippen LogP contribution in [0.25, 0.3) is 11.0 Å². The van der Waals surface area contributed by atoms with Crippen molar-refractivity contribution in [3.05, 3.63) is 18.2 Å². The minimum atomic E-state index is -3.63. The Hall–Kier alpha value is -2.13. The summed E-state index contributed by atoms with van der Waals surface area (Å²) in [6.07, 6.45) is 0. The smallest absolute Gasteiger partial charge is 0.243 e. The van der Waals surface area contributed by atoms with Crippen LogP contribution in [0.5, 0.6) is 0 Å². The Labute approximate surface area is 199 Å². The molecule has 0 bridgehead atoms. The Balaban J connectivity index is 1.87. The number of nitriles is 1. The molecule has 180 valence electrons. The van der Waals surface area contributed by atoms with Crippen molar-refractivity contribution >= 4 is 38.7 Å². The molecule has 1 saturated heterocycles. The molecule has 1 aliphatic heterocycles. The molecular formula is C22H31N5O4S2. The molecule has 0 saturated carbocycles. The van der Waals surface area contributed by atoms with E-state index in [2.05, 4.69) is 16.4 Å². The number of amides is 1. The summed E-state index contributed by atoms with van der Waals surface area (Å²) >= 11 is 1.29. The molecule has 1 fully saturated rings. The molecule has 2 aromatic rings. The molecule has 0 radical (unpaired) electrons. The lowest BCUT2D eigenvalue weighted by Crippen LogP contribution is -2.51. The average Bonchev–Trinajstić information content (AvgIpc) is 3.15. The van der Waals surface area contributed by atoms with Crippen molar-refractivity contribution < 1.29 is 17.9 Å². The number of sulfonamides is 1. The lowest BCUT2D eigenvalue weighted by atomic mass is 9.90. The Morgan fingerprint density at radius 1 is 1.33 bits per heavy atom. The summed E-state index contributed by atoms with van der Waals surface area (Å²) in [6.45, 7) is 11.3. The van der Waals surface area contributed by atoms with E-state index in [4.69, 9.17) is 4.74 Å². The number of carbonyl (C=O) groups excluding carboxylic acids is 1. The summed E-state index contributed by atoms with van der Waals surface area (Å²) in [5, 5.41) is 12.5. The Bertz CT molecular complexity index is 1170. The van der Waals surface area contributed by atoms with Crippen LogP contribution < -0.4 is 5.32 Å². The summed E-state index contributed by atoms with van der Waals surface area (Å²) in [7, 11) is -3.63. The molecule has 2 heterocycles. The summed E-state index contributed by atoms with van der Waals surface area (Å²) in [6, 6.07) is 7.15. The molecule has 0 spiro atoms. The Morgan fingerprint density at radius 3 is 2.58 bits per heavy atom. The van der Waals surface area contributed by atoms with Crippen LogP contribution in [-0.2, 0) is 26.1 Å². The van der Waals surface area contributed by atoms with E-state index in [9.17, 15) is 18.5 Å². The second-order valence-corrected chi connectivity index (χ2v) is 11.8. The van der Waals surface area contributed by atoms with Crippen LogP contribution in [0.1, 0.15) is 34.6 Å². The second kappa shape index (κ2) is 10.0. The van der Waals surface area contributed by atoms with E-state index in [0.29, 0.717) is 43.5 Å². The van der Waals surface area contributed by atoms with Crippen LogP contribution in [-0.4, -0.2) is 65.3 Å². The maximum Gasteiger partial charge on any atom is 0.243 e. The van der Waals surface area contributed by atoms with Crippen molar-refractivity contribution in [1.82, 2.24) is 19.2 Å². The number of benzene rings is 1. The number of rotatable bonds is 8. The number of fused-ring (bicyclic) bond motifs is 1. The van der Waals surface area contributed by atoms with Crippen molar-refractivity contribution in [1.29, 1.82) is 5.26 Å². The lowest BCUT2D eigenvalue weighted by molar-refractivity contribution is -0.121. The van der Waals surface area contributed by atoms with Crippen molar-refractivity contribution in [2.75, 3.05) is 26.3 Å². The van der Waals surface area contributed by atoms with Crippen molar-refractivity contribution in [3.63, 3.8) is 0 Å². The van der Waals surface area contributed by atoms with E-state index >= 15 is 0 Å². The maximum absolute atomic E-state index is 13.0. The number of aryl methyl sites for hydroxylation is 1. The quantitative estimate of drug-likeness (QED) is 0.562. The number of nitrogens with zero attached hydrogens (tertiary/aromatic N) is 4. The van der Waals surface area contributed by atoms with Gasteiger partial charge < -0.3 is 14.6 Å². The number of morpholine rings is 1. The molecule has 0 aliphatic carbocycles. The highest BCUT2D eigenvalue weighted by atomic mass is 32.2. The second-order valence-electron chi connectivity index (χ2n) is 8.52. The predicted molar refractivity (Wildman–Crippen MR) is 127 cm³/mol. The van der Waals surface area contributed by atoms with E-state index < -0.39 is 20.8 Å². The lowest BCUT2D eigenvalue weighted by Gasteiger charge is -2.28. The van der Waals surface area contributed by atoms with Crippen LogP contribution in [0.2, 0.25) is 0 Å². The topological polar surface area (TPSA) is 117 Å². The first-order chi connectivity index (χ1) is 15.5. The van der Waals surface area contributed by atoms with Crippen LogP contribution in [0.15, 0.2) is 28.3 Å². The van der Waals surface area contributed by atoms with E-state index in [1.807, 2.05) is 25.3 Å². The normalized spacial score (nSPS) is 18.1. The average molecular weight is 494 g/mol. The summed E-state index contributed by atoms with van der Waals surface area (Å²) in [4.78, 5) is 17.6. The zero-order valence-electron chi connectivity index (χ0n) is 19.7. The van der Waals surface area contributed by atoms with Crippen LogP contribution in [0, 0.1) is 17.2 Å². The molecule has 3 rings (SSSR count). The van der Waals surface area contributed by atoms with Gasteiger partial charge in [-0.1, -0.05) is 25.6 Å². The minimum absolute atomic E-state index is 0.0456. The van der Waals surface area contributed by atoms with Crippen LogP contribution in [0.4, 0.5) is 0 Å². The number of carbonyl (C=O) groups is 1. The van der Waals surface area contributed by atoms with Gasteiger partial charge in [0.05, 0.1) is 40.5 Å². The summed E-state index contributed by atoms with van der Waals surface area (Å²) in [5.41, 5.74) is 0.405. The van der Waals surface area contributed by atoms with Crippen LogP contribution >= 0.6 is 11.8 Å². The van der Waals surface area contributed by atoms with Crippen molar-refractivity contribution in [2.24, 2.45) is 5.92 Å². The van der Waals surface area contributed by atoms with E-state index in [-0.39, 0.29) is 16.7 Å². The zero-order chi connectivity index (χ0) is 24.4. The Kier molecular flexibility index (Phi) is 7.73. The third-order valence-electron chi connectivity index (χ3n) is 6.03. The standard InChI is InChI=1S/C22H31N5O4S2/c1-6-27-19-8-7-17(33(29,30)26-9-11-31-12-10-26)13-18(19)24-21(27)32-16(4)20(28)25-22(5,14-23)15(2)3/h7-8,13,15-16H,6,9-12H2,1-5H3,(H,25,28). The van der Waals surface area contributed by atoms with Crippen molar-refractivity contribution in [2.45, 2.75) is 62.0 Å². The summed E-state index contributed by atoms with van der Waals surface area (Å²) < 4.78 is 34.7. The third kappa shape index (κ3) is 5.19. The van der Waals surface area contributed by atoms with Crippen LogP contribution in [0.3, 0.4) is 0 Å². The van der Waals surface area contributed by atoms with Gasteiger partial charge in [0.2, 0.25) is 15.9 Å².